The molecule has 2 rings (SSSR count). The largest absolute Gasteiger partial charge is 0.268 e. The summed E-state index contributed by atoms with van der Waals surface area (Å²) in [6.45, 7) is 0. The van der Waals surface area contributed by atoms with Crippen molar-refractivity contribution in [2.24, 2.45) is 7.05 Å². The van der Waals surface area contributed by atoms with E-state index in [4.69, 9.17) is 5.26 Å². The molecule has 0 spiro atoms. The van der Waals surface area contributed by atoms with Crippen LogP contribution in [0.15, 0.2) is 22.8 Å². The fourth-order valence-electron chi connectivity index (χ4n) is 1.26. The van der Waals surface area contributed by atoms with Gasteiger partial charge in [-0.05, 0) is 28.1 Å². The van der Waals surface area contributed by atoms with Gasteiger partial charge in [-0.2, -0.15) is 10.4 Å². The van der Waals surface area contributed by atoms with Gasteiger partial charge < -0.3 is 0 Å². The van der Waals surface area contributed by atoms with E-state index < -0.39 is 0 Å². The Bertz CT molecular complexity index is 507. The van der Waals surface area contributed by atoms with Gasteiger partial charge in [0.25, 0.3) is 0 Å². The molecular formula is C9H6BrN3. The highest BCUT2D eigenvalue weighted by Crippen LogP contribution is 2.23. The Morgan fingerprint density at radius 2 is 2.31 bits per heavy atom. The van der Waals surface area contributed by atoms with Gasteiger partial charge in [0.05, 0.1) is 17.3 Å². The highest BCUT2D eigenvalue weighted by atomic mass is 79.9. The van der Waals surface area contributed by atoms with Crippen LogP contribution < -0.4 is 0 Å². The zero-order chi connectivity index (χ0) is 9.42. The van der Waals surface area contributed by atoms with Crippen molar-refractivity contribution in [2.75, 3.05) is 0 Å². The molecule has 0 unspecified atom stereocenters. The minimum atomic E-state index is 0.635. The molecule has 0 aliphatic rings. The molecule has 0 saturated carbocycles. The molecule has 0 bridgehead atoms. The third-order valence-corrected chi connectivity index (χ3v) is 2.61. The zero-order valence-electron chi connectivity index (χ0n) is 6.95. The molecule has 0 amide bonds. The Kier molecular flexibility index (Phi) is 1.82. The number of rotatable bonds is 0. The smallest absolute Gasteiger partial charge is 0.100 e. The number of benzene rings is 1. The molecule has 1 aromatic carbocycles. The fourth-order valence-corrected chi connectivity index (χ4v) is 1.71. The lowest BCUT2D eigenvalue weighted by molar-refractivity contribution is 0.797. The first-order valence-electron chi connectivity index (χ1n) is 3.73. The molecule has 0 aliphatic carbocycles. The van der Waals surface area contributed by atoms with Crippen LogP contribution in [0.5, 0.6) is 0 Å². The SMILES string of the molecule is Cn1ncc2cc(Br)c(C#N)cc21. The number of nitriles is 1. The molecule has 13 heavy (non-hydrogen) atoms. The lowest BCUT2D eigenvalue weighted by atomic mass is 10.2. The maximum atomic E-state index is 8.80. The van der Waals surface area contributed by atoms with E-state index >= 15 is 0 Å². The van der Waals surface area contributed by atoms with Crippen LogP contribution in [0.4, 0.5) is 0 Å². The summed E-state index contributed by atoms with van der Waals surface area (Å²) in [7, 11) is 1.86. The molecular weight excluding hydrogens is 230 g/mol. The van der Waals surface area contributed by atoms with Gasteiger partial charge in [-0.25, -0.2) is 0 Å². The summed E-state index contributed by atoms with van der Waals surface area (Å²) < 4.78 is 2.57. The van der Waals surface area contributed by atoms with Gasteiger partial charge in [0.1, 0.15) is 6.07 Å². The minimum absolute atomic E-state index is 0.635. The van der Waals surface area contributed by atoms with Crippen LogP contribution >= 0.6 is 15.9 Å². The first-order valence-corrected chi connectivity index (χ1v) is 4.53. The van der Waals surface area contributed by atoms with Crippen molar-refractivity contribution >= 4 is 26.8 Å². The average Bonchev–Trinajstić information content (AvgIpc) is 2.46. The van der Waals surface area contributed by atoms with Gasteiger partial charge in [-0.1, -0.05) is 0 Å². The second-order valence-corrected chi connectivity index (χ2v) is 3.63. The van der Waals surface area contributed by atoms with Crippen LogP contribution in [-0.4, -0.2) is 9.78 Å². The van der Waals surface area contributed by atoms with Gasteiger partial charge in [0.15, 0.2) is 0 Å². The summed E-state index contributed by atoms with van der Waals surface area (Å²) >= 11 is 3.33. The number of halogens is 1. The Morgan fingerprint density at radius 1 is 1.54 bits per heavy atom. The van der Waals surface area contributed by atoms with E-state index in [1.807, 2.05) is 19.2 Å². The van der Waals surface area contributed by atoms with Crippen molar-refractivity contribution in [3.05, 3.63) is 28.4 Å². The molecule has 0 N–H and O–H groups in total. The van der Waals surface area contributed by atoms with Crippen LogP contribution in [0.25, 0.3) is 10.9 Å². The Morgan fingerprint density at radius 3 is 3.00 bits per heavy atom. The van der Waals surface area contributed by atoms with Crippen molar-refractivity contribution in [3.8, 4) is 6.07 Å². The minimum Gasteiger partial charge on any atom is -0.268 e. The Labute approximate surface area is 83.7 Å². The number of fused-ring (bicyclic) bond motifs is 1. The predicted octanol–water partition coefficient (Wildman–Crippen LogP) is 2.21. The predicted molar refractivity (Wildman–Crippen MR) is 53.1 cm³/mol. The summed E-state index contributed by atoms with van der Waals surface area (Å²) in [4.78, 5) is 0. The van der Waals surface area contributed by atoms with Crippen molar-refractivity contribution in [2.45, 2.75) is 0 Å². The monoisotopic (exact) mass is 235 g/mol. The standard InChI is InChI=1S/C9H6BrN3/c1-13-9-3-6(4-11)8(10)2-7(9)5-12-13/h2-3,5H,1H3. The lowest BCUT2D eigenvalue weighted by Crippen LogP contribution is -1.89. The van der Waals surface area contributed by atoms with Gasteiger partial charge in [-0.3, -0.25) is 4.68 Å². The van der Waals surface area contributed by atoms with E-state index in [1.165, 1.54) is 0 Å². The molecule has 2 aromatic rings. The molecule has 64 valence electrons. The van der Waals surface area contributed by atoms with E-state index in [9.17, 15) is 0 Å². The summed E-state index contributed by atoms with van der Waals surface area (Å²) in [5.74, 6) is 0. The number of hydrogen-bond donors (Lipinski definition) is 0. The second-order valence-electron chi connectivity index (χ2n) is 2.77. The van der Waals surface area contributed by atoms with Crippen LogP contribution in [0.2, 0.25) is 0 Å². The third-order valence-electron chi connectivity index (χ3n) is 1.96. The quantitative estimate of drug-likeness (QED) is 0.703. The average molecular weight is 236 g/mol. The molecule has 0 atom stereocenters. The van der Waals surface area contributed by atoms with E-state index in [-0.39, 0.29) is 0 Å². The summed E-state index contributed by atoms with van der Waals surface area (Å²) in [6, 6.07) is 5.85. The maximum absolute atomic E-state index is 8.80. The number of aryl methyl sites for hydroxylation is 1. The summed E-state index contributed by atoms with van der Waals surface area (Å²) in [6.07, 6.45) is 1.78. The number of aromatic nitrogens is 2. The van der Waals surface area contributed by atoms with E-state index in [0.29, 0.717) is 5.56 Å². The third kappa shape index (κ3) is 1.21. The Hall–Kier alpha value is -1.34. The van der Waals surface area contributed by atoms with E-state index in [0.717, 1.165) is 15.4 Å². The summed E-state index contributed by atoms with van der Waals surface area (Å²) in [5, 5.41) is 13.9. The van der Waals surface area contributed by atoms with Crippen molar-refractivity contribution < 1.29 is 0 Å². The van der Waals surface area contributed by atoms with Crippen molar-refractivity contribution in [3.63, 3.8) is 0 Å². The van der Waals surface area contributed by atoms with E-state index in [1.54, 1.807) is 10.9 Å². The van der Waals surface area contributed by atoms with Crippen molar-refractivity contribution in [1.82, 2.24) is 9.78 Å². The van der Waals surface area contributed by atoms with Crippen LogP contribution in [0.3, 0.4) is 0 Å². The van der Waals surface area contributed by atoms with Gasteiger partial charge in [0, 0.05) is 16.9 Å². The van der Waals surface area contributed by atoms with Crippen molar-refractivity contribution in [1.29, 1.82) is 5.26 Å². The van der Waals surface area contributed by atoms with Crippen LogP contribution in [-0.2, 0) is 7.05 Å². The molecule has 1 aromatic heterocycles. The molecule has 0 saturated heterocycles. The van der Waals surface area contributed by atoms with Gasteiger partial charge in [-0.15, -0.1) is 0 Å². The highest BCUT2D eigenvalue weighted by Gasteiger charge is 2.04. The maximum Gasteiger partial charge on any atom is 0.100 e. The Balaban J connectivity index is 2.86. The molecule has 1 heterocycles. The lowest BCUT2D eigenvalue weighted by Gasteiger charge is -1.97. The van der Waals surface area contributed by atoms with Crippen LogP contribution in [0, 0.1) is 11.3 Å². The van der Waals surface area contributed by atoms with Crippen LogP contribution in [0.1, 0.15) is 5.56 Å². The van der Waals surface area contributed by atoms with Gasteiger partial charge >= 0.3 is 0 Å². The normalized spacial score (nSPS) is 10.2. The molecule has 0 aliphatic heterocycles. The number of nitrogens with zero attached hydrogens (tertiary/aromatic N) is 3. The second kappa shape index (κ2) is 2.86. The first-order chi connectivity index (χ1) is 6.22. The number of hydrogen-bond acceptors (Lipinski definition) is 2. The zero-order valence-corrected chi connectivity index (χ0v) is 8.54. The topological polar surface area (TPSA) is 41.6 Å². The molecule has 3 nitrogen and oxygen atoms in total. The summed E-state index contributed by atoms with van der Waals surface area (Å²) in [5.41, 5.74) is 1.61. The van der Waals surface area contributed by atoms with E-state index in [2.05, 4.69) is 27.1 Å². The molecule has 4 heteroatoms. The molecule has 0 fully saturated rings. The van der Waals surface area contributed by atoms with Gasteiger partial charge in [0.2, 0.25) is 0 Å². The molecule has 0 radical (unpaired) electrons. The fraction of sp³-hybridized carbons (Fsp3) is 0.111. The first kappa shape index (κ1) is 8.27. The highest BCUT2D eigenvalue weighted by molar-refractivity contribution is 9.10.